The molecule has 1 aliphatic carbocycles. The zero-order valence-corrected chi connectivity index (χ0v) is 8.36. The van der Waals surface area contributed by atoms with Gasteiger partial charge >= 0.3 is 5.97 Å². The van der Waals surface area contributed by atoms with Crippen molar-refractivity contribution in [2.45, 2.75) is 12.8 Å². The summed E-state index contributed by atoms with van der Waals surface area (Å²) >= 11 is 0. The lowest BCUT2D eigenvalue weighted by Gasteiger charge is -2.09. The van der Waals surface area contributed by atoms with Crippen LogP contribution in [0.25, 0.3) is 0 Å². The maximum atomic E-state index is 10.9. The lowest BCUT2D eigenvalue weighted by atomic mass is 10.1. The Kier molecular flexibility index (Phi) is 2.49. The summed E-state index contributed by atoms with van der Waals surface area (Å²) in [6, 6.07) is 4.92. The predicted molar refractivity (Wildman–Crippen MR) is 59.0 cm³/mol. The lowest BCUT2D eigenvalue weighted by Crippen LogP contribution is -2.09. The lowest BCUT2D eigenvalue weighted by molar-refractivity contribution is 0.0698. The fourth-order valence-electron chi connectivity index (χ4n) is 1.47. The molecule has 0 spiro atoms. The average molecular weight is 206 g/mol. The number of nitrogen functional groups attached to an aromatic ring is 1. The maximum absolute atomic E-state index is 10.9. The zero-order valence-electron chi connectivity index (χ0n) is 8.36. The van der Waals surface area contributed by atoms with Crippen LogP contribution in [0.4, 0.5) is 11.4 Å². The Balaban J connectivity index is 2.15. The normalized spacial score (nSPS) is 14.9. The number of hydrogen-bond donors (Lipinski definition) is 3. The van der Waals surface area contributed by atoms with Crippen molar-refractivity contribution in [2.24, 2.45) is 5.92 Å². The standard InChI is InChI=1S/C11H14N2O2/c12-8-3-4-10(9(5-8)11(14)15)13-6-7-1-2-7/h3-5,7,13H,1-2,6,12H2,(H,14,15). The largest absolute Gasteiger partial charge is 0.478 e. The van der Waals surface area contributed by atoms with Crippen LogP contribution in [0.3, 0.4) is 0 Å². The highest BCUT2D eigenvalue weighted by Crippen LogP contribution is 2.29. The Morgan fingerprint density at radius 1 is 1.53 bits per heavy atom. The summed E-state index contributed by atoms with van der Waals surface area (Å²) in [5, 5.41) is 12.1. The molecule has 0 aliphatic heterocycles. The number of anilines is 2. The van der Waals surface area contributed by atoms with E-state index in [0.717, 1.165) is 6.54 Å². The van der Waals surface area contributed by atoms with Gasteiger partial charge < -0.3 is 16.2 Å². The molecule has 4 N–H and O–H groups in total. The van der Waals surface area contributed by atoms with Crippen LogP contribution in [-0.4, -0.2) is 17.6 Å². The van der Waals surface area contributed by atoms with Gasteiger partial charge in [0.05, 0.1) is 5.56 Å². The predicted octanol–water partition coefficient (Wildman–Crippen LogP) is 1.79. The van der Waals surface area contributed by atoms with Crippen LogP contribution in [0, 0.1) is 5.92 Å². The number of rotatable bonds is 4. The highest BCUT2D eigenvalue weighted by Gasteiger charge is 2.21. The Hall–Kier alpha value is -1.71. The Morgan fingerprint density at radius 2 is 2.27 bits per heavy atom. The number of benzene rings is 1. The molecule has 0 atom stereocenters. The van der Waals surface area contributed by atoms with Gasteiger partial charge in [-0.15, -0.1) is 0 Å². The average Bonchev–Trinajstić information content (AvgIpc) is 2.99. The Labute approximate surface area is 88.1 Å². The summed E-state index contributed by atoms with van der Waals surface area (Å²) in [5.74, 6) is -0.232. The van der Waals surface area contributed by atoms with Crippen molar-refractivity contribution in [3.8, 4) is 0 Å². The van der Waals surface area contributed by atoms with Crippen molar-refractivity contribution < 1.29 is 9.90 Å². The number of carboxylic acids is 1. The minimum atomic E-state index is -0.944. The van der Waals surface area contributed by atoms with E-state index in [1.54, 1.807) is 12.1 Å². The molecule has 2 rings (SSSR count). The second-order valence-corrected chi connectivity index (χ2v) is 3.93. The minimum absolute atomic E-state index is 0.246. The maximum Gasteiger partial charge on any atom is 0.337 e. The highest BCUT2D eigenvalue weighted by atomic mass is 16.4. The number of nitrogens with one attached hydrogen (secondary N) is 1. The summed E-state index contributed by atoms with van der Waals surface area (Å²) < 4.78 is 0. The molecule has 1 fully saturated rings. The third kappa shape index (κ3) is 2.40. The molecular weight excluding hydrogens is 192 g/mol. The zero-order chi connectivity index (χ0) is 10.8. The number of carboxylic acid groups (broad SMARTS) is 1. The summed E-state index contributed by atoms with van der Waals surface area (Å²) in [7, 11) is 0. The molecule has 1 aromatic rings. The van der Waals surface area contributed by atoms with Crippen LogP contribution >= 0.6 is 0 Å². The van der Waals surface area contributed by atoms with E-state index in [1.165, 1.54) is 18.9 Å². The van der Waals surface area contributed by atoms with Crippen LogP contribution in [0.2, 0.25) is 0 Å². The van der Waals surface area contributed by atoms with E-state index in [0.29, 0.717) is 17.3 Å². The van der Waals surface area contributed by atoms with E-state index < -0.39 is 5.97 Å². The van der Waals surface area contributed by atoms with E-state index in [4.69, 9.17) is 10.8 Å². The van der Waals surface area contributed by atoms with E-state index in [9.17, 15) is 4.79 Å². The molecular formula is C11H14N2O2. The summed E-state index contributed by atoms with van der Waals surface area (Å²) in [5.41, 5.74) is 6.92. The molecule has 4 nitrogen and oxygen atoms in total. The molecule has 80 valence electrons. The molecule has 0 saturated heterocycles. The van der Waals surface area contributed by atoms with Gasteiger partial charge in [-0.25, -0.2) is 4.79 Å². The SMILES string of the molecule is Nc1ccc(NCC2CC2)c(C(=O)O)c1. The molecule has 0 unspecified atom stereocenters. The summed E-state index contributed by atoms with van der Waals surface area (Å²) in [6.45, 7) is 0.851. The third-order valence-corrected chi connectivity index (χ3v) is 2.55. The first-order valence-corrected chi connectivity index (χ1v) is 5.03. The van der Waals surface area contributed by atoms with E-state index in [1.807, 2.05) is 0 Å². The number of hydrogen-bond acceptors (Lipinski definition) is 3. The Bertz CT molecular complexity index is 386. The summed E-state index contributed by atoms with van der Waals surface area (Å²) in [4.78, 5) is 10.9. The molecule has 4 heteroatoms. The fraction of sp³-hybridized carbons (Fsp3) is 0.364. The number of nitrogens with two attached hydrogens (primary N) is 1. The van der Waals surface area contributed by atoms with Gasteiger partial charge in [0.15, 0.2) is 0 Å². The first-order chi connectivity index (χ1) is 7.16. The number of carbonyl (C=O) groups is 1. The molecule has 0 aromatic heterocycles. The molecule has 0 radical (unpaired) electrons. The molecule has 1 aromatic carbocycles. The quantitative estimate of drug-likeness (QED) is 0.656. The molecule has 0 amide bonds. The molecule has 0 heterocycles. The highest BCUT2D eigenvalue weighted by molar-refractivity contribution is 5.95. The van der Waals surface area contributed by atoms with Gasteiger partial charge in [-0.1, -0.05) is 0 Å². The molecule has 15 heavy (non-hydrogen) atoms. The fourth-order valence-corrected chi connectivity index (χ4v) is 1.47. The van der Waals surface area contributed by atoms with Crippen molar-refractivity contribution >= 4 is 17.3 Å². The second kappa shape index (κ2) is 3.81. The van der Waals surface area contributed by atoms with Crippen molar-refractivity contribution in [3.05, 3.63) is 23.8 Å². The van der Waals surface area contributed by atoms with Crippen LogP contribution < -0.4 is 11.1 Å². The topological polar surface area (TPSA) is 75.3 Å². The van der Waals surface area contributed by atoms with Crippen molar-refractivity contribution in [2.75, 3.05) is 17.6 Å². The van der Waals surface area contributed by atoms with Gasteiger partial charge in [-0.3, -0.25) is 0 Å². The van der Waals surface area contributed by atoms with Crippen LogP contribution in [0.1, 0.15) is 23.2 Å². The van der Waals surface area contributed by atoms with E-state index in [-0.39, 0.29) is 5.56 Å². The molecule has 0 bridgehead atoms. The minimum Gasteiger partial charge on any atom is -0.478 e. The second-order valence-electron chi connectivity index (χ2n) is 3.93. The van der Waals surface area contributed by atoms with Gasteiger partial charge in [0.1, 0.15) is 0 Å². The van der Waals surface area contributed by atoms with Crippen molar-refractivity contribution in [1.29, 1.82) is 0 Å². The van der Waals surface area contributed by atoms with Gasteiger partial charge in [-0.05, 0) is 37.0 Å². The van der Waals surface area contributed by atoms with Crippen LogP contribution in [-0.2, 0) is 0 Å². The van der Waals surface area contributed by atoms with Gasteiger partial charge in [-0.2, -0.15) is 0 Å². The van der Waals surface area contributed by atoms with Gasteiger partial charge in [0.2, 0.25) is 0 Å². The van der Waals surface area contributed by atoms with E-state index in [2.05, 4.69) is 5.32 Å². The number of aromatic carboxylic acids is 1. The first-order valence-electron chi connectivity index (χ1n) is 5.03. The van der Waals surface area contributed by atoms with Crippen LogP contribution in [0.15, 0.2) is 18.2 Å². The smallest absolute Gasteiger partial charge is 0.337 e. The van der Waals surface area contributed by atoms with Gasteiger partial charge in [0.25, 0.3) is 0 Å². The van der Waals surface area contributed by atoms with E-state index >= 15 is 0 Å². The van der Waals surface area contributed by atoms with Crippen molar-refractivity contribution in [1.82, 2.24) is 0 Å². The van der Waals surface area contributed by atoms with Crippen molar-refractivity contribution in [3.63, 3.8) is 0 Å². The first kappa shape index (κ1) is 9.83. The molecule has 1 aliphatic rings. The van der Waals surface area contributed by atoms with Crippen LogP contribution in [0.5, 0.6) is 0 Å². The monoisotopic (exact) mass is 206 g/mol. The third-order valence-electron chi connectivity index (χ3n) is 2.55. The molecule has 1 saturated carbocycles. The summed E-state index contributed by atoms with van der Waals surface area (Å²) in [6.07, 6.45) is 2.48. The Morgan fingerprint density at radius 3 is 2.87 bits per heavy atom. The van der Waals surface area contributed by atoms with Gasteiger partial charge in [0, 0.05) is 17.9 Å².